The summed E-state index contributed by atoms with van der Waals surface area (Å²) in [6.45, 7) is 6.02. The summed E-state index contributed by atoms with van der Waals surface area (Å²) in [5, 5.41) is 12.6. The van der Waals surface area contributed by atoms with Crippen LogP contribution < -0.4 is 5.32 Å². The summed E-state index contributed by atoms with van der Waals surface area (Å²) in [5.74, 6) is -0.160. The van der Waals surface area contributed by atoms with Crippen molar-refractivity contribution in [2.24, 2.45) is 0 Å². The van der Waals surface area contributed by atoms with Gasteiger partial charge in [-0.15, -0.1) is 0 Å². The molecular weight excluding hydrogens is 255 g/mol. The molecule has 1 rings (SSSR count). The number of hydrogen-bond acceptors (Lipinski definition) is 3. The fourth-order valence-corrected chi connectivity index (χ4v) is 2.32. The molecule has 0 aromatic heterocycles. The number of aliphatic hydroxyl groups is 1. The number of likely N-dealkylation sites (N-methyl/N-ethyl adjacent to an activating group) is 1. The second-order valence-electron chi connectivity index (χ2n) is 5.30. The number of nitrogens with one attached hydrogen (secondary N) is 1. The first-order chi connectivity index (χ1) is 9.60. The minimum absolute atomic E-state index is 0.0146. The standard InChI is InChI=1S/C16H27FN2O/c1-4-10-18-14(9-11-20)12-19(3)13(2)15-7-5-6-8-16(15)17/h5-8,13-14,18,20H,4,9-12H2,1-3H3. The van der Waals surface area contributed by atoms with Gasteiger partial charge in [-0.2, -0.15) is 0 Å². The molecule has 0 fully saturated rings. The molecule has 114 valence electrons. The van der Waals surface area contributed by atoms with Gasteiger partial charge in [0.15, 0.2) is 0 Å². The molecule has 0 radical (unpaired) electrons. The molecule has 2 atom stereocenters. The summed E-state index contributed by atoms with van der Waals surface area (Å²) in [5.41, 5.74) is 0.716. The molecule has 3 nitrogen and oxygen atoms in total. The lowest BCUT2D eigenvalue weighted by Crippen LogP contribution is -2.41. The van der Waals surface area contributed by atoms with Crippen molar-refractivity contribution in [1.29, 1.82) is 0 Å². The van der Waals surface area contributed by atoms with Crippen LogP contribution >= 0.6 is 0 Å². The van der Waals surface area contributed by atoms with Crippen molar-refractivity contribution in [3.63, 3.8) is 0 Å². The summed E-state index contributed by atoms with van der Waals surface area (Å²) in [6.07, 6.45) is 1.78. The van der Waals surface area contributed by atoms with Crippen LogP contribution in [0.5, 0.6) is 0 Å². The van der Waals surface area contributed by atoms with E-state index in [1.165, 1.54) is 6.07 Å². The van der Waals surface area contributed by atoms with Gasteiger partial charge in [-0.05, 0) is 39.4 Å². The molecule has 0 amide bonds. The van der Waals surface area contributed by atoms with E-state index >= 15 is 0 Å². The average molecular weight is 282 g/mol. The van der Waals surface area contributed by atoms with E-state index in [0.29, 0.717) is 12.0 Å². The Morgan fingerprint density at radius 2 is 2.05 bits per heavy atom. The largest absolute Gasteiger partial charge is 0.396 e. The fraction of sp³-hybridized carbons (Fsp3) is 0.625. The molecule has 0 spiro atoms. The maximum absolute atomic E-state index is 13.8. The minimum atomic E-state index is -0.160. The zero-order valence-electron chi connectivity index (χ0n) is 12.8. The summed E-state index contributed by atoms with van der Waals surface area (Å²) in [7, 11) is 2.00. The zero-order chi connectivity index (χ0) is 15.0. The summed E-state index contributed by atoms with van der Waals surface area (Å²) in [6, 6.07) is 7.16. The van der Waals surface area contributed by atoms with Crippen LogP contribution in [0.2, 0.25) is 0 Å². The molecule has 0 heterocycles. The van der Waals surface area contributed by atoms with E-state index in [1.807, 2.05) is 26.1 Å². The number of benzene rings is 1. The zero-order valence-corrected chi connectivity index (χ0v) is 12.8. The molecule has 0 aliphatic carbocycles. The molecule has 0 saturated heterocycles. The van der Waals surface area contributed by atoms with Crippen molar-refractivity contribution in [2.75, 3.05) is 26.7 Å². The molecule has 0 saturated carbocycles. The van der Waals surface area contributed by atoms with Crippen LogP contribution in [0.15, 0.2) is 24.3 Å². The fourth-order valence-electron chi connectivity index (χ4n) is 2.32. The third kappa shape index (κ3) is 5.19. The second-order valence-corrected chi connectivity index (χ2v) is 5.30. The van der Waals surface area contributed by atoms with Gasteiger partial charge in [-0.25, -0.2) is 4.39 Å². The minimum Gasteiger partial charge on any atom is -0.396 e. The Hall–Kier alpha value is -0.970. The van der Waals surface area contributed by atoms with Gasteiger partial charge < -0.3 is 10.4 Å². The van der Waals surface area contributed by atoms with Crippen molar-refractivity contribution in [3.05, 3.63) is 35.6 Å². The SMILES string of the molecule is CCCNC(CCO)CN(C)C(C)c1ccccc1F. The molecular formula is C16H27FN2O. The maximum Gasteiger partial charge on any atom is 0.127 e. The molecule has 1 aromatic rings. The van der Waals surface area contributed by atoms with Crippen molar-refractivity contribution < 1.29 is 9.50 Å². The van der Waals surface area contributed by atoms with Gasteiger partial charge in [0.2, 0.25) is 0 Å². The van der Waals surface area contributed by atoms with E-state index < -0.39 is 0 Å². The number of nitrogens with zero attached hydrogens (tertiary/aromatic N) is 1. The monoisotopic (exact) mass is 282 g/mol. The van der Waals surface area contributed by atoms with Crippen LogP contribution in [0.1, 0.15) is 38.3 Å². The highest BCUT2D eigenvalue weighted by Crippen LogP contribution is 2.21. The summed E-state index contributed by atoms with van der Waals surface area (Å²) in [4.78, 5) is 2.13. The van der Waals surface area contributed by atoms with Crippen LogP contribution in [0.4, 0.5) is 4.39 Å². The van der Waals surface area contributed by atoms with Gasteiger partial charge >= 0.3 is 0 Å². The number of rotatable bonds is 9. The average Bonchev–Trinajstić information content (AvgIpc) is 2.44. The van der Waals surface area contributed by atoms with Gasteiger partial charge in [0.1, 0.15) is 5.82 Å². The van der Waals surface area contributed by atoms with E-state index in [-0.39, 0.29) is 24.5 Å². The summed E-state index contributed by atoms with van der Waals surface area (Å²) >= 11 is 0. The third-order valence-corrected chi connectivity index (χ3v) is 3.69. The lowest BCUT2D eigenvalue weighted by Gasteiger charge is -2.30. The Kier molecular flexibility index (Phi) is 7.73. The van der Waals surface area contributed by atoms with E-state index in [9.17, 15) is 4.39 Å². The number of hydrogen-bond donors (Lipinski definition) is 2. The van der Waals surface area contributed by atoms with Gasteiger partial charge in [-0.1, -0.05) is 25.1 Å². The van der Waals surface area contributed by atoms with Crippen molar-refractivity contribution in [2.45, 2.75) is 38.8 Å². The van der Waals surface area contributed by atoms with Gasteiger partial charge in [0, 0.05) is 30.8 Å². The third-order valence-electron chi connectivity index (χ3n) is 3.69. The van der Waals surface area contributed by atoms with Crippen LogP contribution in [0.3, 0.4) is 0 Å². The van der Waals surface area contributed by atoms with Crippen molar-refractivity contribution in [1.82, 2.24) is 10.2 Å². The maximum atomic E-state index is 13.8. The predicted molar refractivity (Wildman–Crippen MR) is 81.2 cm³/mol. The molecule has 0 aliphatic rings. The smallest absolute Gasteiger partial charge is 0.127 e. The van der Waals surface area contributed by atoms with Crippen LogP contribution in [-0.4, -0.2) is 42.8 Å². The predicted octanol–water partition coefficient (Wildman–Crippen LogP) is 2.57. The van der Waals surface area contributed by atoms with E-state index in [2.05, 4.69) is 17.1 Å². The first-order valence-electron chi connectivity index (χ1n) is 7.39. The van der Waals surface area contributed by atoms with Gasteiger partial charge in [-0.3, -0.25) is 4.90 Å². The Bertz CT molecular complexity index is 386. The van der Waals surface area contributed by atoms with E-state index in [1.54, 1.807) is 6.07 Å². The van der Waals surface area contributed by atoms with E-state index in [4.69, 9.17) is 5.11 Å². The van der Waals surface area contributed by atoms with Crippen LogP contribution in [0.25, 0.3) is 0 Å². The molecule has 2 unspecified atom stereocenters. The second kappa shape index (κ2) is 9.06. The van der Waals surface area contributed by atoms with Crippen molar-refractivity contribution >= 4 is 0 Å². The highest BCUT2D eigenvalue weighted by atomic mass is 19.1. The molecule has 2 N–H and O–H groups in total. The Labute approximate surface area is 121 Å². The molecule has 0 aliphatic heterocycles. The molecule has 20 heavy (non-hydrogen) atoms. The lowest BCUT2D eigenvalue weighted by atomic mass is 10.1. The number of halogens is 1. The van der Waals surface area contributed by atoms with Gasteiger partial charge in [0.05, 0.1) is 0 Å². The normalized spacial score (nSPS) is 14.5. The highest BCUT2D eigenvalue weighted by molar-refractivity contribution is 5.20. The topological polar surface area (TPSA) is 35.5 Å². The lowest BCUT2D eigenvalue weighted by molar-refractivity contribution is 0.198. The van der Waals surface area contributed by atoms with Crippen LogP contribution in [-0.2, 0) is 0 Å². The quantitative estimate of drug-likeness (QED) is 0.731. The van der Waals surface area contributed by atoms with Gasteiger partial charge in [0.25, 0.3) is 0 Å². The molecule has 4 heteroatoms. The highest BCUT2D eigenvalue weighted by Gasteiger charge is 2.18. The Morgan fingerprint density at radius 1 is 1.35 bits per heavy atom. The summed E-state index contributed by atoms with van der Waals surface area (Å²) < 4.78 is 13.8. The van der Waals surface area contributed by atoms with Crippen LogP contribution in [0, 0.1) is 5.82 Å². The first kappa shape index (κ1) is 17.1. The van der Waals surface area contributed by atoms with E-state index in [0.717, 1.165) is 19.5 Å². The molecule has 1 aromatic carbocycles. The molecule has 0 bridgehead atoms. The van der Waals surface area contributed by atoms with Crippen molar-refractivity contribution in [3.8, 4) is 0 Å². The number of aliphatic hydroxyl groups excluding tert-OH is 1. The Morgan fingerprint density at radius 3 is 2.65 bits per heavy atom. The first-order valence-corrected chi connectivity index (χ1v) is 7.39. The Balaban J connectivity index is 2.63.